The quantitative estimate of drug-likeness (QED) is 0.212. The number of hydrogen-bond acceptors (Lipinski definition) is 3. The molecule has 3 aromatic heterocycles. The Hall–Kier alpha value is -4.96. The van der Waals surface area contributed by atoms with Crippen LogP contribution in [0.1, 0.15) is 22.3 Å². The van der Waals surface area contributed by atoms with E-state index < -0.39 is 0 Å². The molecule has 0 atom stereocenters. The molecular formula is C37H31N3O. The second-order valence-electron chi connectivity index (χ2n) is 11.0. The minimum absolute atomic E-state index is 0.900. The largest absolute Gasteiger partial charge is 0.495 e. The van der Waals surface area contributed by atoms with Crippen LogP contribution in [0.25, 0.3) is 60.8 Å². The molecule has 7 rings (SSSR count). The van der Waals surface area contributed by atoms with Gasteiger partial charge >= 0.3 is 0 Å². The molecule has 0 saturated heterocycles. The minimum atomic E-state index is 0.900. The first-order chi connectivity index (χ1) is 19.9. The molecule has 200 valence electrons. The van der Waals surface area contributed by atoms with Gasteiger partial charge in [0.1, 0.15) is 11.4 Å². The Bertz CT molecular complexity index is 2100. The lowest BCUT2D eigenvalue weighted by molar-refractivity contribution is 0.418. The molecule has 0 aliphatic carbocycles. The predicted molar refractivity (Wildman–Crippen MR) is 170 cm³/mol. The predicted octanol–water partition coefficient (Wildman–Crippen LogP) is 9.28. The van der Waals surface area contributed by atoms with Crippen molar-refractivity contribution in [3.05, 3.63) is 120 Å². The number of imidazole rings is 1. The van der Waals surface area contributed by atoms with Crippen molar-refractivity contribution in [1.29, 1.82) is 0 Å². The van der Waals surface area contributed by atoms with Gasteiger partial charge in [-0.2, -0.15) is 0 Å². The fraction of sp³-hybridized carbons (Fsp3) is 0.135. The molecule has 4 heteroatoms. The van der Waals surface area contributed by atoms with Gasteiger partial charge < -0.3 is 4.74 Å². The minimum Gasteiger partial charge on any atom is -0.495 e. The number of ether oxygens (including phenoxy) is 1. The van der Waals surface area contributed by atoms with E-state index in [2.05, 4.69) is 104 Å². The molecule has 0 spiro atoms. The second kappa shape index (κ2) is 9.60. The molecular weight excluding hydrogens is 502 g/mol. The summed E-state index contributed by atoms with van der Waals surface area (Å²) < 4.78 is 8.24. The van der Waals surface area contributed by atoms with Crippen molar-refractivity contribution >= 4 is 27.5 Å². The first-order valence-corrected chi connectivity index (χ1v) is 13.9. The highest BCUT2D eigenvalue weighted by Gasteiger charge is 2.18. The molecule has 0 fully saturated rings. The highest BCUT2D eigenvalue weighted by molar-refractivity contribution is 6.11. The van der Waals surface area contributed by atoms with E-state index in [1.165, 1.54) is 38.8 Å². The highest BCUT2D eigenvalue weighted by atomic mass is 16.5. The zero-order chi connectivity index (χ0) is 28.2. The summed E-state index contributed by atoms with van der Waals surface area (Å²) in [5.41, 5.74) is 14.9. The normalized spacial score (nSPS) is 11.5. The second-order valence-corrected chi connectivity index (χ2v) is 11.0. The van der Waals surface area contributed by atoms with Crippen molar-refractivity contribution in [2.75, 3.05) is 7.11 Å². The summed E-state index contributed by atoms with van der Waals surface area (Å²) in [6.07, 6.45) is 5.78. The summed E-state index contributed by atoms with van der Waals surface area (Å²) in [6, 6.07) is 28.2. The number of fused-ring (bicyclic) bond motifs is 6. The van der Waals surface area contributed by atoms with Crippen molar-refractivity contribution in [1.82, 2.24) is 14.4 Å². The van der Waals surface area contributed by atoms with E-state index in [-0.39, 0.29) is 0 Å². The first-order valence-electron chi connectivity index (χ1n) is 13.9. The third kappa shape index (κ3) is 3.98. The van der Waals surface area contributed by atoms with Crippen molar-refractivity contribution in [2.24, 2.45) is 0 Å². The van der Waals surface area contributed by atoms with E-state index in [9.17, 15) is 0 Å². The van der Waals surface area contributed by atoms with Gasteiger partial charge in [0.05, 0.1) is 18.1 Å². The maximum absolute atomic E-state index is 6.05. The first kappa shape index (κ1) is 25.0. The molecule has 0 aliphatic heterocycles. The van der Waals surface area contributed by atoms with Gasteiger partial charge in [-0.05, 0) is 103 Å². The number of aromatic nitrogens is 3. The van der Waals surface area contributed by atoms with Crippen LogP contribution in [0.4, 0.5) is 0 Å². The van der Waals surface area contributed by atoms with Crippen molar-refractivity contribution < 1.29 is 4.74 Å². The highest BCUT2D eigenvalue weighted by Crippen LogP contribution is 2.43. The SMILES string of the molecule is COc1c(-c2ccccc2)cc(C)cc1-c1cc(C)c(-c2cc(C)c3c4ncccc4c4nccn4c3c2)c(C)c1. The van der Waals surface area contributed by atoms with Crippen LogP contribution in [-0.2, 0) is 0 Å². The van der Waals surface area contributed by atoms with Crippen molar-refractivity contribution in [2.45, 2.75) is 27.7 Å². The summed E-state index contributed by atoms with van der Waals surface area (Å²) >= 11 is 0. The monoisotopic (exact) mass is 533 g/mol. The topological polar surface area (TPSA) is 39.4 Å². The van der Waals surface area contributed by atoms with Gasteiger partial charge in [-0.3, -0.25) is 9.38 Å². The molecule has 0 N–H and O–H groups in total. The molecule has 0 aliphatic rings. The van der Waals surface area contributed by atoms with Crippen LogP contribution in [0.3, 0.4) is 0 Å². The smallest absolute Gasteiger partial charge is 0.146 e. The van der Waals surface area contributed by atoms with Crippen LogP contribution < -0.4 is 4.74 Å². The molecule has 41 heavy (non-hydrogen) atoms. The van der Waals surface area contributed by atoms with Gasteiger partial charge in [0, 0.05) is 40.5 Å². The van der Waals surface area contributed by atoms with E-state index in [0.29, 0.717) is 0 Å². The van der Waals surface area contributed by atoms with Crippen molar-refractivity contribution in [3.63, 3.8) is 0 Å². The average molecular weight is 534 g/mol. The number of pyridine rings is 2. The molecule has 0 radical (unpaired) electrons. The molecule has 0 bridgehead atoms. The Morgan fingerprint density at radius 3 is 2.10 bits per heavy atom. The fourth-order valence-corrected chi connectivity index (χ4v) is 6.51. The van der Waals surface area contributed by atoms with Crippen LogP contribution in [0, 0.1) is 27.7 Å². The van der Waals surface area contributed by atoms with E-state index in [1.807, 2.05) is 30.7 Å². The molecule has 3 heterocycles. The van der Waals surface area contributed by atoms with Crippen LogP contribution in [0.2, 0.25) is 0 Å². The summed E-state index contributed by atoms with van der Waals surface area (Å²) in [6.45, 7) is 8.75. The molecule has 7 aromatic rings. The van der Waals surface area contributed by atoms with Crippen LogP contribution in [0.5, 0.6) is 5.75 Å². The third-order valence-electron chi connectivity index (χ3n) is 8.15. The average Bonchev–Trinajstić information content (AvgIpc) is 3.47. The van der Waals surface area contributed by atoms with Gasteiger partial charge in [-0.15, -0.1) is 0 Å². The Morgan fingerprint density at radius 2 is 1.37 bits per heavy atom. The van der Waals surface area contributed by atoms with Crippen LogP contribution in [-0.4, -0.2) is 21.5 Å². The molecule has 0 amide bonds. The van der Waals surface area contributed by atoms with Gasteiger partial charge in [-0.1, -0.05) is 48.5 Å². The molecule has 0 saturated carbocycles. The maximum atomic E-state index is 6.05. The molecule has 4 nitrogen and oxygen atoms in total. The van der Waals surface area contributed by atoms with Gasteiger partial charge in [-0.25, -0.2) is 4.98 Å². The number of nitrogens with zero attached hydrogens (tertiary/aromatic N) is 3. The lowest BCUT2D eigenvalue weighted by Gasteiger charge is -2.19. The van der Waals surface area contributed by atoms with Crippen LogP contribution in [0.15, 0.2) is 97.5 Å². The van der Waals surface area contributed by atoms with Gasteiger partial charge in [0.2, 0.25) is 0 Å². The Balaban J connectivity index is 1.43. The zero-order valence-electron chi connectivity index (χ0n) is 24.0. The Morgan fingerprint density at radius 1 is 0.659 bits per heavy atom. The Kier molecular flexibility index (Phi) is 5.86. The summed E-state index contributed by atoms with van der Waals surface area (Å²) in [5, 5.41) is 2.24. The lowest BCUT2D eigenvalue weighted by Crippen LogP contribution is -1.98. The van der Waals surface area contributed by atoms with E-state index in [4.69, 9.17) is 9.72 Å². The maximum Gasteiger partial charge on any atom is 0.146 e. The lowest BCUT2D eigenvalue weighted by atomic mass is 9.88. The van der Waals surface area contributed by atoms with E-state index in [1.54, 1.807) is 7.11 Å². The summed E-state index contributed by atoms with van der Waals surface area (Å²) in [7, 11) is 1.77. The Labute approximate surface area is 239 Å². The van der Waals surface area contributed by atoms with E-state index >= 15 is 0 Å². The third-order valence-corrected chi connectivity index (χ3v) is 8.15. The van der Waals surface area contributed by atoms with E-state index in [0.717, 1.165) is 50.1 Å². The fourth-order valence-electron chi connectivity index (χ4n) is 6.51. The number of hydrogen-bond donors (Lipinski definition) is 0. The molecule has 0 unspecified atom stereocenters. The number of aryl methyl sites for hydroxylation is 4. The molecule has 4 aromatic carbocycles. The van der Waals surface area contributed by atoms with Gasteiger partial charge in [0.25, 0.3) is 0 Å². The number of rotatable bonds is 4. The summed E-state index contributed by atoms with van der Waals surface area (Å²) in [5.74, 6) is 0.900. The van der Waals surface area contributed by atoms with Gasteiger partial charge in [0.15, 0.2) is 0 Å². The zero-order valence-corrected chi connectivity index (χ0v) is 24.0. The van der Waals surface area contributed by atoms with Crippen LogP contribution >= 0.6 is 0 Å². The number of benzene rings is 4. The summed E-state index contributed by atoms with van der Waals surface area (Å²) in [4.78, 5) is 9.44. The number of methoxy groups -OCH3 is 1. The van der Waals surface area contributed by atoms with Crippen molar-refractivity contribution in [3.8, 4) is 39.1 Å². The standard InChI is InChI=1S/C37H31N3O/c1-22-16-30(26-10-7-6-8-11-26)36(41-5)31(17-22)27-18-23(2)33(24(3)19-27)28-20-25(4)34-32(21-28)40-15-14-39-37(40)29-12-9-13-38-35(29)34/h6-21H,1-5H3.